The Morgan fingerprint density at radius 1 is 1.36 bits per heavy atom. The number of rotatable bonds is 6. The number of carbonyl (C=O) groups excluding carboxylic acids is 2. The van der Waals surface area contributed by atoms with Crippen LogP contribution in [0.5, 0.6) is 0 Å². The molecule has 25 heavy (non-hydrogen) atoms. The summed E-state index contributed by atoms with van der Waals surface area (Å²) in [5.74, 6) is 0.158. The van der Waals surface area contributed by atoms with E-state index in [2.05, 4.69) is 5.16 Å². The van der Waals surface area contributed by atoms with E-state index >= 15 is 0 Å². The van der Waals surface area contributed by atoms with Crippen molar-refractivity contribution in [2.24, 2.45) is 5.92 Å². The molecule has 3 rings (SSSR count). The van der Waals surface area contributed by atoms with E-state index in [0.717, 1.165) is 5.56 Å². The minimum atomic E-state index is -0.426. The fourth-order valence-corrected chi connectivity index (χ4v) is 3.11. The van der Waals surface area contributed by atoms with E-state index in [0.29, 0.717) is 42.9 Å². The van der Waals surface area contributed by atoms with Crippen molar-refractivity contribution in [1.29, 1.82) is 0 Å². The Hall–Kier alpha value is -2.63. The second-order valence-electron chi connectivity index (χ2n) is 6.34. The van der Waals surface area contributed by atoms with Crippen molar-refractivity contribution >= 4 is 11.9 Å². The molecule has 0 aliphatic carbocycles. The molecule has 1 aliphatic heterocycles. The first kappa shape index (κ1) is 17.2. The molecular weight excluding hydrogens is 320 g/mol. The Kier molecular flexibility index (Phi) is 5.16. The number of amides is 1. The van der Waals surface area contributed by atoms with Gasteiger partial charge in [-0.05, 0) is 18.9 Å². The number of aromatic nitrogens is 1. The van der Waals surface area contributed by atoms with Crippen molar-refractivity contribution in [1.82, 2.24) is 10.1 Å². The van der Waals surface area contributed by atoms with Crippen LogP contribution in [-0.4, -0.2) is 35.1 Å². The first-order chi connectivity index (χ1) is 12.1. The zero-order chi connectivity index (χ0) is 17.8. The minimum absolute atomic E-state index is 0.0189. The van der Waals surface area contributed by atoms with Crippen molar-refractivity contribution < 1.29 is 18.8 Å². The number of carbonyl (C=O) groups is 2. The normalized spacial score (nSPS) is 17.1. The van der Waals surface area contributed by atoms with Gasteiger partial charge in [0.15, 0.2) is 0 Å². The molecule has 0 radical (unpaired) electrons. The van der Waals surface area contributed by atoms with Gasteiger partial charge < -0.3 is 14.2 Å². The highest BCUT2D eigenvalue weighted by molar-refractivity contribution is 5.91. The van der Waals surface area contributed by atoms with Crippen LogP contribution in [-0.2, 0) is 22.5 Å². The maximum atomic E-state index is 12.3. The van der Waals surface area contributed by atoms with Gasteiger partial charge in [-0.1, -0.05) is 42.4 Å². The Bertz CT molecular complexity index is 754. The van der Waals surface area contributed by atoms with Crippen LogP contribution in [0.1, 0.15) is 40.7 Å². The van der Waals surface area contributed by atoms with E-state index in [-0.39, 0.29) is 18.4 Å². The number of nitrogens with zero attached hydrogens (tertiary/aromatic N) is 2. The third-order valence-corrected chi connectivity index (χ3v) is 4.43. The summed E-state index contributed by atoms with van der Waals surface area (Å²) in [6.45, 7) is 5.03. The third kappa shape index (κ3) is 3.90. The number of hydrogen-bond donors (Lipinski definition) is 0. The van der Waals surface area contributed by atoms with Gasteiger partial charge in [-0.2, -0.15) is 0 Å². The molecule has 1 aliphatic rings. The molecule has 1 saturated heterocycles. The van der Waals surface area contributed by atoms with Crippen LogP contribution in [0.2, 0.25) is 0 Å². The van der Waals surface area contributed by atoms with Gasteiger partial charge >= 0.3 is 5.97 Å². The molecule has 1 fully saturated rings. The van der Waals surface area contributed by atoms with Gasteiger partial charge in [0.25, 0.3) is 0 Å². The molecule has 0 N–H and O–H groups in total. The number of likely N-dealkylation sites (tertiary alicyclic amines) is 1. The highest BCUT2D eigenvalue weighted by Gasteiger charge is 2.31. The molecule has 6 heteroatoms. The Morgan fingerprint density at radius 3 is 2.84 bits per heavy atom. The summed E-state index contributed by atoms with van der Waals surface area (Å²) in [5.41, 5.74) is 2.12. The molecule has 1 amide bonds. The van der Waals surface area contributed by atoms with Crippen LogP contribution in [0.4, 0.5) is 0 Å². The quantitative estimate of drug-likeness (QED) is 0.755. The monoisotopic (exact) mass is 342 g/mol. The summed E-state index contributed by atoms with van der Waals surface area (Å²) in [6.07, 6.45) is 1.01. The van der Waals surface area contributed by atoms with E-state index in [1.807, 2.05) is 42.2 Å². The standard InChI is InChI=1S/C19H22N2O4/c1-3-16-18(13(2)25-20-16)19(23)24-12-15-9-17(22)21(11-15)10-14-7-5-4-6-8-14/h4-8,15H,3,9-12H2,1-2H3/t15-/m1/s1. The fourth-order valence-electron chi connectivity index (χ4n) is 3.11. The molecule has 6 nitrogen and oxygen atoms in total. The number of hydrogen-bond acceptors (Lipinski definition) is 5. The molecule has 0 bridgehead atoms. The summed E-state index contributed by atoms with van der Waals surface area (Å²) < 4.78 is 10.5. The molecule has 0 saturated carbocycles. The molecule has 0 unspecified atom stereocenters. The van der Waals surface area contributed by atoms with Crippen molar-refractivity contribution in [2.75, 3.05) is 13.2 Å². The average molecular weight is 342 g/mol. The smallest absolute Gasteiger partial charge is 0.343 e. The number of ether oxygens (including phenoxy) is 1. The van der Waals surface area contributed by atoms with Gasteiger partial charge in [-0.3, -0.25) is 4.79 Å². The zero-order valence-electron chi connectivity index (χ0n) is 14.5. The minimum Gasteiger partial charge on any atom is -0.462 e. The topological polar surface area (TPSA) is 72.6 Å². The van der Waals surface area contributed by atoms with Gasteiger partial charge in [-0.25, -0.2) is 4.79 Å². The van der Waals surface area contributed by atoms with Crippen molar-refractivity contribution in [2.45, 2.75) is 33.2 Å². The molecule has 1 aromatic carbocycles. The molecule has 1 aromatic heterocycles. The second-order valence-corrected chi connectivity index (χ2v) is 6.34. The van der Waals surface area contributed by atoms with E-state index in [4.69, 9.17) is 9.26 Å². The van der Waals surface area contributed by atoms with E-state index in [9.17, 15) is 9.59 Å². The molecule has 2 heterocycles. The number of esters is 1. The summed E-state index contributed by atoms with van der Waals surface area (Å²) in [7, 11) is 0. The van der Waals surface area contributed by atoms with Crippen LogP contribution in [0.3, 0.4) is 0 Å². The lowest BCUT2D eigenvalue weighted by atomic mass is 10.1. The van der Waals surface area contributed by atoms with Crippen LogP contribution in [0.25, 0.3) is 0 Å². The number of benzene rings is 1. The first-order valence-corrected chi connectivity index (χ1v) is 8.52. The highest BCUT2D eigenvalue weighted by atomic mass is 16.5. The lowest BCUT2D eigenvalue weighted by Gasteiger charge is -2.16. The third-order valence-electron chi connectivity index (χ3n) is 4.43. The van der Waals surface area contributed by atoms with E-state index in [1.54, 1.807) is 6.92 Å². The van der Waals surface area contributed by atoms with Gasteiger partial charge in [0.1, 0.15) is 11.3 Å². The van der Waals surface area contributed by atoms with Gasteiger partial charge in [-0.15, -0.1) is 0 Å². The lowest BCUT2D eigenvalue weighted by molar-refractivity contribution is -0.128. The first-order valence-electron chi connectivity index (χ1n) is 8.52. The molecule has 1 atom stereocenters. The van der Waals surface area contributed by atoms with Crippen LogP contribution in [0.15, 0.2) is 34.9 Å². The summed E-state index contributed by atoms with van der Waals surface area (Å²) in [5, 5.41) is 3.87. The van der Waals surface area contributed by atoms with Crippen LogP contribution in [0, 0.1) is 12.8 Å². The zero-order valence-corrected chi connectivity index (χ0v) is 14.5. The Labute approximate surface area is 146 Å². The Balaban J connectivity index is 1.55. The molecule has 0 spiro atoms. The summed E-state index contributed by atoms with van der Waals surface area (Å²) in [6, 6.07) is 9.88. The SMILES string of the molecule is CCc1noc(C)c1C(=O)OC[C@@H]1CC(=O)N(Cc2ccccc2)C1. The summed E-state index contributed by atoms with van der Waals surface area (Å²) in [4.78, 5) is 26.3. The summed E-state index contributed by atoms with van der Waals surface area (Å²) >= 11 is 0. The largest absolute Gasteiger partial charge is 0.462 e. The average Bonchev–Trinajstić information content (AvgIpc) is 3.16. The van der Waals surface area contributed by atoms with E-state index < -0.39 is 5.97 Å². The van der Waals surface area contributed by atoms with Crippen molar-refractivity contribution in [3.63, 3.8) is 0 Å². The molecule has 2 aromatic rings. The van der Waals surface area contributed by atoms with Crippen molar-refractivity contribution in [3.8, 4) is 0 Å². The van der Waals surface area contributed by atoms with Crippen molar-refractivity contribution in [3.05, 3.63) is 52.9 Å². The maximum Gasteiger partial charge on any atom is 0.343 e. The van der Waals surface area contributed by atoms with E-state index in [1.165, 1.54) is 0 Å². The molecular formula is C19H22N2O4. The maximum absolute atomic E-state index is 12.3. The Morgan fingerprint density at radius 2 is 2.12 bits per heavy atom. The van der Waals surface area contributed by atoms with Gasteiger partial charge in [0.05, 0.1) is 12.3 Å². The lowest BCUT2D eigenvalue weighted by Crippen LogP contribution is -2.25. The van der Waals surface area contributed by atoms with Gasteiger partial charge in [0, 0.05) is 25.4 Å². The van der Waals surface area contributed by atoms with Crippen LogP contribution < -0.4 is 0 Å². The van der Waals surface area contributed by atoms with Gasteiger partial charge in [0.2, 0.25) is 5.91 Å². The predicted octanol–water partition coefficient (Wildman–Crippen LogP) is 2.75. The predicted molar refractivity (Wildman–Crippen MR) is 90.9 cm³/mol. The second kappa shape index (κ2) is 7.51. The highest BCUT2D eigenvalue weighted by Crippen LogP contribution is 2.22. The van der Waals surface area contributed by atoms with Crippen LogP contribution >= 0.6 is 0 Å². The fraction of sp³-hybridized carbons (Fsp3) is 0.421. The molecule has 132 valence electrons. The number of aryl methyl sites for hydroxylation is 2.